The van der Waals surface area contributed by atoms with Crippen LogP contribution in [0.2, 0.25) is 10.0 Å². The molecule has 8 nitrogen and oxygen atoms in total. The van der Waals surface area contributed by atoms with Crippen LogP contribution in [0.4, 0.5) is 28.1 Å². The molecule has 0 aliphatic rings. The minimum absolute atomic E-state index is 0.00159. The molecule has 0 bridgehead atoms. The predicted molar refractivity (Wildman–Crippen MR) is 93.8 cm³/mol. The van der Waals surface area contributed by atoms with Crippen molar-refractivity contribution in [1.82, 2.24) is 15.0 Å². The van der Waals surface area contributed by atoms with Crippen LogP contribution in [-0.4, -0.2) is 19.9 Å². The molecule has 0 aliphatic heterocycles. The van der Waals surface area contributed by atoms with Gasteiger partial charge in [0, 0.05) is 16.6 Å². The van der Waals surface area contributed by atoms with Crippen LogP contribution in [-0.2, 0) is 0 Å². The maximum absolute atomic E-state index is 11.5. The first kappa shape index (κ1) is 16.4. The summed E-state index contributed by atoms with van der Waals surface area (Å²) in [4.78, 5) is 22.8. The highest BCUT2D eigenvalue weighted by atomic mass is 35.5. The third-order valence-corrected chi connectivity index (χ3v) is 4.08. The van der Waals surface area contributed by atoms with Gasteiger partial charge in [0.1, 0.15) is 6.33 Å². The summed E-state index contributed by atoms with van der Waals surface area (Å²) in [5.74, 6) is 0.0239. The van der Waals surface area contributed by atoms with Crippen LogP contribution in [0.5, 0.6) is 0 Å². The molecule has 0 atom stereocenters. The number of halogens is 2. The number of nitro groups is 1. The van der Waals surface area contributed by atoms with Crippen LogP contribution in [0.25, 0.3) is 0 Å². The van der Waals surface area contributed by atoms with Gasteiger partial charge in [-0.3, -0.25) is 10.1 Å². The zero-order chi connectivity index (χ0) is 17.1. The molecule has 0 amide bonds. The van der Waals surface area contributed by atoms with Crippen molar-refractivity contribution >= 4 is 62.7 Å². The summed E-state index contributed by atoms with van der Waals surface area (Å²) in [5, 5.41) is 20.1. The summed E-state index contributed by atoms with van der Waals surface area (Å²) in [6, 6.07) is 4.73. The van der Waals surface area contributed by atoms with E-state index in [1.165, 1.54) is 23.7 Å². The monoisotopic (exact) mass is 382 g/mol. The van der Waals surface area contributed by atoms with Crippen molar-refractivity contribution in [2.24, 2.45) is 0 Å². The molecule has 0 unspecified atom stereocenters. The second-order valence-corrected chi connectivity index (χ2v) is 6.13. The quantitative estimate of drug-likeness (QED) is 0.488. The third kappa shape index (κ3) is 3.53. The van der Waals surface area contributed by atoms with E-state index in [-0.39, 0.29) is 17.3 Å². The molecule has 24 heavy (non-hydrogen) atoms. The second-order valence-electron chi connectivity index (χ2n) is 4.39. The Kier molecular flexibility index (Phi) is 4.74. The van der Waals surface area contributed by atoms with E-state index in [0.717, 1.165) is 0 Å². The van der Waals surface area contributed by atoms with Gasteiger partial charge in [-0.15, -0.1) is 11.3 Å². The fraction of sp³-hybridized carbons (Fsp3) is 0. The Bertz CT molecular complexity index is 890. The van der Waals surface area contributed by atoms with Crippen LogP contribution in [0, 0.1) is 10.1 Å². The van der Waals surface area contributed by atoms with E-state index in [2.05, 4.69) is 25.6 Å². The summed E-state index contributed by atoms with van der Waals surface area (Å²) >= 11 is 13.2. The van der Waals surface area contributed by atoms with E-state index in [1.807, 2.05) is 0 Å². The molecule has 0 radical (unpaired) electrons. The van der Waals surface area contributed by atoms with Gasteiger partial charge in [-0.05, 0) is 18.2 Å². The summed E-state index contributed by atoms with van der Waals surface area (Å²) in [6.07, 6.45) is 2.78. The van der Waals surface area contributed by atoms with E-state index in [4.69, 9.17) is 23.2 Å². The van der Waals surface area contributed by atoms with E-state index in [1.54, 1.807) is 23.7 Å². The molecule has 0 aliphatic carbocycles. The van der Waals surface area contributed by atoms with Crippen LogP contribution in [0.1, 0.15) is 0 Å². The average molecular weight is 383 g/mol. The van der Waals surface area contributed by atoms with E-state index in [9.17, 15) is 10.1 Å². The molecule has 0 spiro atoms. The Morgan fingerprint density at radius 2 is 1.88 bits per heavy atom. The number of rotatable bonds is 5. The van der Waals surface area contributed by atoms with Gasteiger partial charge in [-0.25, -0.2) is 15.0 Å². The van der Waals surface area contributed by atoms with Crippen molar-refractivity contribution in [3.05, 3.63) is 56.3 Å². The Labute approximate surface area is 149 Å². The molecule has 0 fully saturated rings. The summed E-state index contributed by atoms with van der Waals surface area (Å²) in [7, 11) is 0. The van der Waals surface area contributed by atoms with Gasteiger partial charge in [0.2, 0.25) is 11.6 Å². The summed E-state index contributed by atoms with van der Waals surface area (Å²) in [5.41, 5.74) is 0.113. The lowest BCUT2D eigenvalue weighted by Gasteiger charge is -2.10. The van der Waals surface area contributed by atoms with Gasteiger partial charge in [-0.2, -0.15) is 0 Å². The highest BCUT2D eigenvalue weighted by Crippen LogP contribution is 2.35. The first-order valence-electron chi connectivity index (χ1n) is 6.42. The van der Waals surface area contributed by atoms with Crippen molar-refractivity contribution < 1.29 is 4.92 Å². The first-order chi connectivity index (χ1) is 11.5. The highest BCUT2D eigenvalue weighted by molar-refractivity contribution is 7.13. The number of hydrogen-bond donors (Lipinski definition) is 2. The van der Waals surface area contributed by atoms with Gasteiger partial charge in [0.25, 0.3) is 0 Å². The van der Waals surface area contributed by atoms with Crippen molar-refractivity contribution in [3.8, 4) is 0 Å². The Morgan fingerprint density at radius 1 is 1.12 bits per heavy atom. The minimum Gasteiger partial charge on any atom is -0.333 e. The molecule has 11 heteroatoms. The lowest BCUT2D eigenvalue weighted by atomic mass is 10.3. The number of benzene rings is 1. The smallest absolute Gasteiger partial charge is 0.333 e. The SMILES string of the molecule is O=[N+]([O-])c1c(Nc2nccs2)ncnc1Nc1ccc(Cl)cc1Cl. The molecule has 0 saturated carbocycles. The van der Waals surface area contributed by atoms with E-state index < -0.39 is 4.92 Å². The zero-order valence-electron chi connectivity index (χ0n) is 11.7. The molecular formula is C13H8Cl2N6O2S. The molecule has 3 aromatic rings. The number of thiazole rings is 1. The van der Waals surface area contributed by atoms with Gasteiger partial charge in [-0.1, -0.05) is 23.2 Å². The Balaban J connectivity index is 1.99. The molecule has 3 rings (SSSR count). The normalized spacial score (nSPS) is 10.4. The second kappa shape index (κ2) is 6.95. The fourth-order valence-electron chi connectivity index (χ4n) is 1.84. The Morgan fingerprint density at radius 3 is 2.50 bits per heavy atom. The van der Waals surface area contributed by atoms with Crippen LogP contribution >= 0.6 is 34.5 Å². The Hall–Kier alpha value is -2.49. The lowest BCUT2D eigenvalue weighted by molar-refractivity contribution is -0.383. The summed E-state index contributed by atoms with van der Waals surface area (Å²) in [6.45, 7) is 0. The van der Waals surface area contributed by atoms with Crippen molar-refractivity contribution in [1.29, 1.82) is 0 Å². The molecular weight excluding hydrogens is 375 g/mol. The van der Waals surface area contributed by atoms with Gasteiger partial charge >= 0.3 is 5.69 Å². The molecule has 2 N–H and O–H groups in total. The van der Waals surface area contributed by atoms with Crippen LogP contribution in [0.15, 0.2) is 36.1 Å². The molecule has 0 saturated heterocycles. The number of anilines is 4. The fourth-order valence-corrected chi connectivity index (χ4v) is 2.82. The topological polar surface area (TPSA) is 106 Å². The predicted octanol–water partition coefficient (Wildman–Crippen LogP) is 4.64. The first-order valence-corrected chi connectivity index (χ1v) is 8.06. The minimum atomic E-state index is -0.581. The lowest BCUT2D eigenvalue weighted by Crippen LogP contribution is -2.05. The molecule has 122 valence electrons. The molecule has 2 aromatic heterocycles. The zero-order valence-corrected chi connectivity index (χ0v) is 14.1. The average Bonchev–Trinajstić information content (AvgIpc) is 3.03. The van der Waals surface area contributed by atoms with Gasteiger partial charge in [0.05, 0.1) is 15.6 Å². The molecule has 2 heterocycles. The third-order valence-electron chi connectivity index (χ3n) is 2.85. The maximum Gasteiger partial charge on any atom is 0.353 e. The number of nitrogens with one attached hydrogen (secondary N) is 2. The highest BCUT2D eigenvalue weighted by Gasteiger charge is 2.24. The largest absolute Gasteiger partial charge is 0.353 e. The van der Waals surface area contributed by atoms with Crippen LogP contribution < -0.4 is 10.6 Å². The van der Waals surface area contributed by atoms with Crippen molar-refractivity contribution in [2.75, 3.05) is 10.6 Å². The number of hydrogen-bond acceptors (Lipinski definition) is 8. The molecule has 1 aromatic carbocycles. The van der Waals surface area contributed by atoms with Crippen molar-refractivity contribution in [2.45, 2.75) is 0 Å². The maximum atomic E-state index is 11.5. The van der Waals surface area contributed by atoms with Crippen molar-refractivity contribution in [3.63, 3.8) is 0 Å². The summed E-state index contributed by atoms with van der Waals surface area (Å²) < 4.78 is 0. The van der Waals surface area contributed by atoms with Gasteiger partial charge < -0.3 is 10.6 Å². The van der Waals surface area contributed by atoms with E-state index in [0.29, 0.717) is 20.9 Å². The van der Waals surface area contributed by atoms with Gasteiger partial charge in [0.15, 0.2) is 5.13 Å². The number of aromatic nitrogens is 3. The number of nitrogens with zero attached hydrogens (tertiary/aromatic N) is 4. The van der Waals surface area contributed by atoms with E-state index >= 15 is 0 Å². The standard InChI is InChI=1S/C13H8Cl2N6O2S/c14-7-1-2-9(8(15)5-7)19-11-10(21(22)23)12(18-6-17-11)20-13-16-3-4-24-13/h1-6H,(H2,16,17,18,19,20). The van der Waals surface area contributed by atoms with Crippen LogP contribution in [0.3, 0.4) is 0 Å².